The van der Waals surface area contributed by atoms with Crippen molar-refractivity contribution in [1.29, 1.82) is 0 Å². The Morgan fingerprint density at radius 1 is 1.30 bits per heavy atom. The maximum atomic E-state index is 13.2. The Labute approximate surface area is 176 Å². The largest absolute Gasteiger partial charge is 0.461 e. The summed E-state index contributed by atoms with van der Waals surface area (Å²) in [6.45, 7) is 3.82. The van der Waals surface area contributed by atoms with Crippen molar-refractivity contribution in [3.63, 3.8) is 0 Å². The number of amides is 1. The summed E-state index contributed by atoms with van der Waals surface area (Å²) in [7, 11) is 3.44. The molecule has 9 nitrogen and oxygen atoms in total. The van der Waals surface area contributed by atoms with E-state index in [1.165, 1.54) is 10.8 Å². The normalized spacial score (nSPS) is 11.1. The molecule has 4 heterocycles. The molecule has 0 saturated carbocycles. The zero-order chi connectivity index (χ0) is 21.4. The molecule has 154 valence electrons. The zero-order valence-electron chi connectivity index (χ0n) is 17.0. The first kappa shape index (κ1) is 19.8. The van der Waals surface area contributed by atoms with E-state index in [-0.39, 0.29) is 24.2 Å². The van der Waals surface area contributed by atoms with Crippen molar-refractivity contribution in [2.45, 2.75) is 13.8 Å². The zero-order valence-corrected chi connectivity index (χ0v) is 17.8. The van der Waals surface area contributed by atoms with E-state index in [0.29, 0.717) is 28.0 Å². The minimum absolute atomic E-state index is 0.243. The lowest BCUT2D eigenvalue weighted by Crippen LogP contribution is -2.17. The number of aromatic nitrogens is 5. The van der Waals surface area contributed by atoms with Crippen LogP contribution in [0.3, 0.4) is 0 Å². The number of nitrogens with zero attached hydrogens (tertiary/aromatic N) is 5. The van der Waals surface area contributed by atoms with Gasteiger partial charge in [0.1, 0.15) is 5.69 Å². The molecule has 0 fully saturated rings. The number of imidazole rings is 1. The second kappa shape index (κ2) is 7.71. The fourth-order valence-corrected chi connectivity index (χ4v) is 3.95. The van der Waals surface area contributed by atoms with Crippen molar-refractivity contribution < 1.29 is 14.3 Å². The lowest BCUT2D eigenvalue weighted by Gasteiger charge is -2.09. The molecule has 0 aliphatic rings. The van der Waals surface area contributed by atoms with Gasteiger partial charge in [-0.2, -0.15) is 5.10 Å². The van der Waals surface area contributed by atoms with E-state index in [9.17, 15) is 9.59 Å². The molecule has 0 atom stereocenters. The molecular weight excluding hydrogens is 404 g/mol. The Balaban J connectivity index is 1.76. The molecule has 1 amide bonds. The van der Waals surface area contributed by atoms with Crippen LogP contribution in [0.25, 0.3) is 21.6 Å². The van der Waals surface area contributed by atoms with Gasteiger partial charge in [0.15, 0.2) is 5.65 Å². The van der Waals surface area contributed by atoms with Crippen molar-refractivity contribution >= 4 is 40.2 Å². The number of hydrogen-bond acceptors (Lipinski definition) is 7. The van der Waals surface area contributed by atoms with Crippen LogP contribution in [0.2, 0.25) is 0 Å². The van der Waals surface area contributed by atoms with Crippen LogP contribution in [-0.2, 0) is 18.8 Å². The minimum atomic E-state index is -0.498. The standard InChI is InChI=1S/C20H20N6O3S/c1-5-29-19(28)14-10-21-20(25(14)3)23-18(27)12-9-13(15-7-6-8-30-15)22-17-16(12)11(2)24-26(17)4/h6-10H,5H2,1-4H3,(H,21,23,27). The van der Waals surface area contributed by atoms with Crippen LogP contribution >= 0.6 is 11.3 Å². The van der Waals surface area contributed by atoms with Crippen molar-refractivity contribution in [2.75, 3.05) is 11.9 Å². The van der Waals surface area contributed by atoms with Crippen molar-refractivity contribution in [2.24, 2.45) is 14.1 Å². The quantitative estimate of drug-likeness (QED) is 0.494. The lowest BCUT2D eigenvalue weighted by molar-refractivity contribution is 0.0515. The van der Waals surface area contributed by atoms with E-state index < -0.39 is 5.97 Å². The number of thiophene rings is 1. The fourth-order valence-electron chi connectivity index (χ4n) is 3.26. The number of carbonyl (C=O) groups excluding carboxylic acids is 2. The highest BCUT2D eigenvalue weighted by molar-refractivity contribution is 7.13. The number of ether oxygens (including phenoxy) is 1. The number of esters is 1. The Kier molecular flexibility index (Phi) is 5.08. The van der Waals surface area contributed by atoms with E-state index >= 15 is 0 Å². The van der Waals surface area contributed by atoms with Gasteiger partial charge in [-0.15, -0.1) is 11.3 Å². The van der Waals surface area contributed by atoms with E-state index in [0.717, 1.165) is 4.88 Å². The topological polar surface area (TPSA) is 104 Å². The molecule has 0 saturated heterocycles. The first-order chi connectivity index (χ1) is 14.4. The smallest absolute Gasteiger partial charge is 0.356 e. The number of pyridine rings is 1. The Hall–Kier alpha value is -3.53. The van der Waals surface area contributed by atoms with Gasteiger partial charge in [0.2, 0.25) is 5.95 Å². The van der Waals surface area contributed by atoms with Gasteiger partial charge >= 0.3 is 5.97 Å². The van der Waals surface area contributed by atoms with E-state index in [4.69, 9.17) is 9.72 Å². The monoisotopic (exact) mass is 424 g/mol. The van der Waals surface area contributed by atoms with Gasteiger partial charge in [-0.25, -0.2) is 14.8 Å². The molecule has 0 aliphatic carbocycles. The van der Waals surface area contributed by atoms with Crippen LogP contribution in [0.5, 0.6) is 0 Å². The molecule has 1 N–H and O–H groups in total. The average Bonchev–Trinajstić information content (AvgIpc) is 3.43. The van der Waals surface area contributed by atoms with Crippen molar-refractivity contribution in [3.8, 4) is 10.6 Å². The predicted octanol–water partition coefficient (Wildman–Crippen LogP) is 3.17. The SMILES string of the molecule is CCOC(=O)c1cnc(NC(=O)c2cc(-c3cccs3)nc3c2c(C)nn3C)n1C. The Bertz CT molecular complexity index is 1260. The number of rotatable bonds is 5. The highest BCUT2D eigenvalue weighted by Gasteiger charge is 2.22. The number of fused-ring (bicyclic) bond motifs is 1. The number of hydrogen-bond donors (Lipinski definition) is 1. The van der Waals surface area contributed by atoms with Gasteiger partial charge < -0.3 is 9.30 Å². The van der Waals surface area contributed by atoms with Crippen LogP contribution in [-0.4, -0.2) is 42.8 Å². The van der Waals surface area contributed by atoms with Crippen LogP contribution < -0.4 is 5.32 Å². The summed E-state index contributed by atoms with van der Waals surface area (Å²) in [5, 5.41) is 9.85. The summed E-state index contributed by atoms with van der Waals surface area (Å²) in [4.78, 5) is 35.1. The first-order valence-electron chi connectivity index (χ1n) is 9.29. The van der Waals surface area contributed by atoms with Crippen LogP contribution in [0.15, 0.2) is 29.8 Å². The van der Waals surface area contributed by atoms with Crippen LogP contribution in [0, 0.1) is 6.92 Å². The second-order valence-electron chi connectivity index (χ2n) is 6.64. The molecule has 0 aromatic carbocycles. The third-order valence-corrected chi connectivity index (χ3v) is 5.58. The van der Waals surface area contributed by atoms with Gasteiger partial charge in [0.25, 0.3) is 5.91 Å². The maximum Gasteiger partial charge on any atom is 0.356 e. The van der Waals surface area contributed by atoms with Gasteiger partial charge in [0.05, 0.1) is 40.0 Å². The predicted molar refractivity (Wildman–Crippen MR) is 114 cm³/mol. The summed E-state index contributed by atoms with van der Waals surface area (Å²) in [5.74, 6) is -0.616. The molecule has 4 rings (SSSR count). The summed E-state index contributed by atoms with van der Waals surface area (Å²) in [5.41, 5.74) is 2.71. The molecule has 0 spiro atoms. The molecular formula is C20H20N6O3S. The fraction of sp³-hybridized carbons (Fsp3) is 0.250. The molecule has 0 unspecified atom stereocenters. The number of nitrogens with one attached hydrogen (secondary N) is 1. The van der Waals surface area contributed by atoms with Crippen LogP contribution in [0.1, 0.15) is 33.5 Å². The molecule has 30 heavy (non-hydrogen) atoms. The number of anilines is 1. The van der Waals surface area contributed by atoms with Crippen molar-refractivity contribution in [3.05, 3.63) is 46.7 Å². The minimum Gasteiger partial charge on any atom is -0.461 e. The lowest BCUT2D eigenvalue weighted by atomic mass is 10.1. The molecule has 0 radical (unpaired) electrons. The van der Waals surface area contributed by atoms with Crippen LogP contribution in [0.4, 0.5) is 5.95 Å². The summed E-state index contributed by atoms with van der Waals surface area (Å²) >= 11 is 1.54. The van der Waals surface area contributed by atoms with E-state index in [1.54, 1.807) is 43.1 Å². The molecule has 4 aromatic heterocycles. The highest BCUT2D eigenvalue weighted by atomic mass is 32.1. The first-order valence-corrected chi connectivity index (χ1v) is 10.2. The third kappa shape index (κ3) is 3.35. The van der Waals surface area contributed by atoms with E-state index in [2.05, 4.69) is 15.4 Å². The Morgan fingerprint density at radius 2 is 2.10 bits per heavy atom. The number of carbonyl (C=O) groups is 2. The highest BCUT2D eigenvalue weighted by Crippen LogP contribution is 2.29. The molecule has 0 bridgehead atoms. The molecule has 10 heteroatoms. The van der Waals surface area contributed by atoms with Gasteiger partial charge in [0, 0.05) is 14.1 Å². The van der Waals surface area contributed by atoms with E-state index in [1.807, 2.05) is 24.4 Å². The van der Waals surface area contributed by atoms with Gasteiger partial charge in [-0.3, -0.25) is 14.8 Å². The second-order valence-corrected chi connectivity index (χ2v) is 7.59. The maximum absolute atomic E-state index is 13.2. The summed E-state index contributed by atoms with van der Waals surface area (Å²) in [6, 6.07) is 5.65. The summed E-state index contributed by atoms with van der Waals surface area (Å²) < 4.78 is 8.17. The van der Waals surface area contributed by atoms with Crippen molar-refractivity contribution in [1.82, 2.24) is 24.3 Å². The average molecular weight is 424 g/mol. The number of aryl methyl sites for hydroxylation is 2. The third-order valence-electron chi connectivity index (χ3n) is 4.69. The molecule has 0 aliphatic heterocycles. The van der Waals surface area contributed by atoms with Gasteiger partial charge in [-0.1, -0.05) is 6.07 Å². The Morgan fingerprint density at radius 3 is 2.80 bits per heavy atom. The molecule has 4 aromatic rings. The summed E-state index contributed by atoms with van der Waals surface area (Å²) in [6.07, 6.45) is 1.38. The van der Waals surface area contributed by atoms with Gasteiger partial charge in [-0.05, 0) is 31.4 Å².